The Morgan fingerprint density at radius 1 is 1.13 bits per heavy atom. The predicted molar refractivity (Wildman–Crippen MR) is 146 cm³/mol. The minimum absolute atomic E-state index is 0.0249. The number of allylic oxidation sites excluding steroid dienone is 5. The lowest BCUT2D eigenvalue weighted by Gasteiger charge is -2.35. The van der Waals surface area contributed by atoms with Crippen molar-refractivity contribution in [2.45, 2.75) is 39.8 Å². The Hall–Kier alpha value is -4.38. The van der Waals surface area contributed by atoms with Crippen molar-refractivity contribution in [3.63, 3.8) is 0 Å². The third kappa shape index (κ3) is 5.17. The van der Waals surface area contributed by atoms with Crippen molar-refractivity contribution in [1.82, 2.24) is 9.97 Å². The maximum atomic E-state index is 14.2. The lowest BCUT2D eigenvalue weighted by atomic mass is 9.89. The average Bonchev–Trinajstić information content (AvgIpc) is 2.92. The van der Waals surface area contributed by atoms with E-state index in [1.807, 2.05) is 32.9 Å². The van der Waals surface area contributed by atoms with Gasteiger partial charge in [-0.15, -0.1) is 0 Å². The van der Waals surface area contributed by atoms with Crippen LogP contribution >= 0.6 is 0 Å². The van der Waals surface area contributed by atoms with E-state index in [-0.39, 0.29) is 22.6 Å². The summed E-state index contributed by atoms with van der Waals surface area (Å²) in [5.74, 6) is 0.273. The Bertz CT molecular complexity index is 1580. The summed E-state index contributed by atoms with van der Waals surface area (Å²) in [5, 5.41) is 9.87. The standard InChI is InChI=1S/C31H27F3N4O/c1-4-38-13-5-6-24-29(38)20(3)15-25-26(31(32,33)34)17-23(39-30(24)25)8-7-22(18-35)21-10-12-37-28(16-21)27-14-19(2)9-11-36-27/h7-12,14-17H,4-6,13H2,1-3H3/b22-7+,23-8-. The van der Waals surface area contributed by atoms with Crippen molar-refractivity contribution >= 4 is 16.8 Å². The molecule has 4 heterocycles. The molecule has 0 fully saturated rings. The summed E-state index contributed by atoms with van der Waals surface area (Å²) in [5.41, 5.74) is 4.98. The van der Waals surface area contributed by atoms with Gasteiger partial charge in [0.05, 0.1) is 28.6 Å². The van der Waals surface area contributed by atoms with Gasteiger partial charge in [0.15, 0.2) is 0 Å². The maximum absolute atomic E-state index is 14.2. The fraction of sp³-hybridized carbons (Fsp3) is 0.258. The van der Waals surface area contributed by atoms with Crippen LogP contribution in [0.2, 0.25) is 0 Å². The normalized spacial score (nSPS) is 16.2. The number of aromatic nitrogens is 2. The van der Waals surface area contributed by atoms with E-state index in [9.17, 15) is 18.4 Å². The first kappa shape index (κ1) is 26.2. The molecule has 198 valence electrons. The monoisotopic (exact) mass is 528 g/mol. The van der Waals surface area contributed by atoms with E-state index >= 15 is 0 Å². The van der Waals surface area contributed by atoms with E-state index in [1.165, 1.54) is 12.2 Å². The van der Waals surface area contributed by atoms with Crippen molar-refractivity contribution in [3.8, 4) is 23.2 Å². The SMILES string of the molecule is CCN1CCCc2c3c(cc(C)c21)C(C(F)(F)F)=C/C(=C/C=C(\C#N)c1ccnc(-c2cc(C)ccn2)c1)O3. The Labute approximate surface area is 225 Å². The fourth-order valence-electron chi connectivity index (χ4n) is 5.18. The first-order chi connectivity index (χ1) is 18.7. The van der Waals surface area contributed by atoms with Gasteiger partial charge in [-0.1, -0.05) is 0 Å². The molecule has 0 saturated heterocycles. The molecule has 5 nitrogen and oxygen atoms in total. The number of anilines is 1. The average molecular weight is 529 g/mol. The van der Waals surface area contributed by atoms with Crippen LogP contribution in [0.1, 0.15) is 41.2 Å². The van der Waals surface area contributed by atoms with Crippen LogP contribution in [0.25, 0.3) is 22.5 Å². The summed E-state index contributed by atoms with van der Waals surface area (Å²) in [4.78, 5) is 10.9. The van der Waals surface area contributed by atoms with Crippen LogP contribution < -0.4 is 9.64 Å². The molecule has 0 atom stereocenters. The van der Waals surface area contributed by atoms with Gasteiger partial charge in [-0.05, 0) is 98.9 Å². The van der Waals surface area contributed by atoms with Gasteiger partial charge >= 0.3 is 6.18 Å². The van der Waals surface area contributed by atoms with Crippen LogP contribution in [0.4, 0.5) is 18.9 Å². The Balaban J connectivity index is 1.57. The second kappa shape index (κ2) is 10.4. The summed E-state index contributed by atoms with van der Waals surface area (Å²) in [6, 6.07) is 10.9. The van der Waals surface area contributed by atoms with Gasteiger partial charge in [0, 0.05) is 42.3 Å². The number of benzene rings is 1. The quantitative estimate of drug-likeness (QED) is 0.331. The van der Waals surface area contributed by atoms with Gasteiger partial charge in [-0.2, -0.15) is 18.4 Å². The molecule has 2 aliphatic heterocycles. The van der Waals surface area contributed by atoms with E-state index in [0.717, 1.165) is 48.0 Å². The number of aryl methyl sites for hydroxylation is 2. The summed E-state index contributed by atoms with van der Waals surface area (Å²) in [7, 11) is 0. The Kier molecular flexibility index (Phi) is 7.00. The molecule has 8 heteroatoms. The molecule has 3 aromatic rings. The van der Waals surface area contributed by atoms with E-state index in [4.69, 9.17) is 4.74 Å². The van der Waals surface area contributed by atoms with Crippen molar-refractivity contribution < 1.29 is 17.9 Å². The maximum Gasteiger partial charge on any atom is 0.417 e. The number of nitrogens with zero attached hydrogens (tertiary/aromatic N) is 4. The van der Waals surface area contributed by atoms with Crippen LogP contribution in [0.15, 0.2) is 66.7 Å². The molecule has 0 amide bonds. The van der Waals surface area contributed by atoms with E-state index < -0.39 is 11.7 Å². The summed E-state index contributed by atoms with van der Waals surface area (Å²) >= 11 is 0. The Morgan fingerprint density at radius 3 is 2.56 bits per heavy atom. The van der Waals surface area contributed by atoms with Crippen LogP contribution in [0.3, 0.4) is 0 Å². The number of hydrogen-bond donors (Lipinski definition) is 0. The highest BCUT2D eigenvalue weighted by Gasteiger charge is 2.40. The number of alkyl halides is 3. The van der Waals surface area contributed by atoms with E-state index in [2.05, 4.69) is 20.9 Å². The lowest BCUT2D eigenvalue weighted by Crippen LogP contribution is -2.31. The zero-order valence-corrected chi connectivity index (χ0v) is 21.9. The first-order valence-electron chi connectivity index (χ1n) is 12.8. The van der Waals surface area contributed by atoms with Crippen LogP contribution in [-0.4, -0.2) is 29.2 Å². The minimum atomic E-state index is -4.57. The largest absolute Gasteiger partial charge is 0.456 e. The molecule has 2 aliphatic rings. The van der Waals surface area contributed by atoms with Crippen molar-refractivity contribution in [2.75, 3.05) is 18.0 Å². The predicted octanol–water partition coefficient (Wildman–Crippen LogP) is 7.36. The smallest absolute Gasteiger partial charge is 0.417 e. The molecule has 1 aromatic carbocycles. The van der Waals surface area contributed by atoms with Crippen molar-refractivity contribution in [2.24, 2.45) is 0 Å². The number of fused-ring (bicyclic) bond motifs is 3. The highest BCUT2D eigenvalue weighted by atomic mass is 19.4. The molecule has 39 heavy (non-hydrogen) atoms. The van der Waals surface area contributed by atoms with Crippen molar-refractivity contribution in [3.05, 3.63) is 94.5 Å². The van der Waals surface area contributed by atoms with Crippen LogP contribution in [-0.2, 0) is 6.42 Å². The van der Waals surface area contributed by atoms with Gasteiger partial charge in [-0.25, -0.2) is 0 Å². The van der Waals surface area contributed by atoms with Crippen LogP contribution in [0, 0.1) is 25.2 Å². The van der Waals surface area contributed by atoms with Gasteiger partial charge in [-0.3, -0.25) is 9.97 Å². The van der Waals surface area contributed by atoms with E-state index in [1.54, 1.807) is 30.6 Å². The third-order valence-electron chi connectivity index (χ3n) is 6.98. The molecule has 0 radical (unpaired) electrons. The number of pyridine rings is 2. The molecule has 0 aliphatic carbocycles. The summed E-state index contributed by atoms with van der Waals surface area (Å²) in [6.07, 6.45) is 4.08. The molecule has 2 aromatic heterocycles. The number of halogens is 3. The number of nitriles is 1. The van der Waals surface area contributed by atoms with Gasteiger partial charge in [0.25, 0.3) is 0 Å². The van der Waals surface area contributed by atoms with Gasteiger partial charge in [0.1, 0.15) is 11.5 Å². The topological polar surface area (TPSA) is 62.0 Å². The van der Waals surface area contributed by atoms with Crippen molar-refractivity contribution in [1.29, 1.82) is 5.26 Å². The highest BCUT2D eigenvalue weighted by Crippen LogP contribution is 2.49. The van der Waals surface area contributed by atoms with E-state index in [0.29, 0.717) is 23.4 Å². The molecule has 0 spiro atoms. The van der Waals surface area contributed by atoms with Gasteiger partial charge < -0.3 is 9.64 Å². The fourth-order valence-corrected chi connectivity index (χ4v) is 5.18. The molecule has 0 N–H and O–H groups in total. The second-order valence-corrected chi connectivity index (χ2v) is 9.65. The number of rotatable bonds is 4. The van der Waals surface area contributed by atoms with Gasteiger partial charge in [0.2, 0.25) is 0 Å². The molecule has 0 unspecified atom stereocenters. The summed E-state index contributed by atoms with van der Waals surface area (Å²) < 4.78 is 48.8. The lowest BCUT2D eigenvalue weighted by molar-refractivity contribution is -0.0694. The second-order valence-electron chi connectivity index (χ2n) is 9.65. The minimum Gasteiger partial charge on any atom is -0.456 e. The molecular weight excluding hydrogens is 501 g/mol. The zero-order chi connectivity index (χ0) is 27.7. The molecule has 5 rings (SSSR count). The van der Waals surface area contributed by atoms with Crippen LogP contribution in [0.5, 0.6) is 5.75 Å². The summed E-state index contributed by atoms with van der Waals surface area (Å²) in [6.45, 7) is 7.45. The zero-order valence-electron chi connectivity index (χ0n) is 21.9. The molecular formula is C31H27F3N4O. The molecule has 0 bridgehead atoms. The number of ether oxygens (including phenoxy) is 1. The molecule has 0 saturated carbocycles. The Morgan fingerprint density at radius 2 is 1.87 bits per heavy atom. The highest BCUT2D eigenvalue weighted by molar-refractivity contribution is 5.84. The first-order valence-corrected chi connectivity index (χ1v) is 12.8. The number of hydrogen-bond acceptors (Lipinski definition) is 5. The third-order valence-corrected chi connectivity index (χ3v) is 6.98.